The number of fused-ring (bicyclic) bond motifs is 2. The van der Waals surface area contributed by atoms with Gasteiger partial charge in [-0.25, -0.2) is 4.98 Å². The van der Waals surface area contributed by atoms with Gasteiger partial charge in [0.2, 0.25) is 0 Å². The Hall–Kier alpha value is -4.24. The number of nitrogens with one attached hydrogen (secondary N) is 2. The molecule has 9 heteroatoms. The fourth-order valence-corrected chi connectivity index (χ4v) is 4.43. The molecule has 5 aromatic rings. The van der Waals surface area contributed by atoms with Gasteiger partial charge in [-0.3, -0.25) is 10.4 Å². The number of H-pyrrole nitrogens is 1. The van der Waals surface area contributed by atoms with Gasteiger partial charge in [0.05, 0.1) is 25.1 Å². The number of ether oxygens (including phenoxy) is 1. The summed E-state index contributed by atoms with van der Waals surface area (Å²) < 4.78 is 7.45. The Balaban J connectivity index is 1.33. The van der Waals surface area contributed by atoms with Crippen LogP contribution in [0.2, 0.25) is 0 Å². The van der Waals surface area contributed by atoms with Crippen LogP contribution in [-0.4, -0.2) is 57.1 Å². The maximum absolute atomic E-state index is 5.56. The zero-order valence-electron chi connectivity index (χ0n) is 19.7. The fourth-order valence-electron chi connectivity index (χ4n) is 4.43. The van der Waals surface area contributed by atoms with Crippen molar-refractivity contribution in [3.63, 3.8) is 0 Å². The van der Waals surface area contributed by atoms with Crippen molar-refractivity contribution < 1.29 is 4.74 Å². The first-order chi connectivity index (χ1) is 17.2. The van der Waals surface area contributed by atoms with Gasteiger partial charge in [0.15, 0.2) is 11.5 Å². The van der Waals surface area contributed by atoms with E-state index in [0.717, 1.165) is 46.9 Å². The molecule has 0 unspecified atom stereocenters. The van der Waals surface area contributed by atoms with Crippen LogP contribution in [0, 0.1) is 13.8 Å². The van der Waals surface area contributed by atoms with Gasteiger partial charge in [0, 0.05) is 59.8 Å². The quantitative estimate of drug-likeness (QED) is 0.298. The fraction of sp³-hybridized carbons (Fsp3) is 0.231. The van der Waals surface area contributed by atoms with Gasteiger partial charge in [-0.2, -0.15) is 14.7 Å². The minimum absolute atomic E-state index is 0.658. The van der Waals surface area contributed by atoms with Gasteiger partial charge in [0.1, 0.15) is 5.82 Å². The maximum Gasteiger partial charge on any atom is 0.160 e. The summed E-state index contributed by atoms with van der Waals surface area (Å²) in [4.78, 5) is 14.6. The smallest absolute Gasteiger partial charge is 0.160 e. The normalized spacial score (nSPS) is 14.4. The summed E-state index contributed by atoms with van der Waals surface area (Å²) in [5.74, 6) is 1.61. The SMILES string of the molecule is Cc1[nH]c2ccc(/C=N/Nc3cc(N4CCOCC4)n4nc(-c5ccncc5)cc4n3)cc2c1C. The van der Waals surface area contributed by atoms with Crippen molar-refractivity contribution in [2.75, 3.05) is 36.6 Å². The average molecular weight is 467 g/mol. The largest absolute Gasteiger partial charge is 0.378 e. The van der Waals surface area contributed by atoms with Crippen LogP contribution in [0.4, 0.5) is 11.6 Å². The van der Waals surface area contributed by atoms with Crippen molar-refractivity contribution in [2.45, 2.75) is 13.8 Å². The summed E-state index contributed by atoms with van der Waals surface area (Å²) in [5, 5.41) is 10.5. The molecule has 1 aliphatic heterocycles. The van der Waals surface area contributed by atoms with Gasteiger partial charge in [-0.15, -0.1) is 0 Å². The van der Waals surface area contributed by atoms with E-state index in [9.17, 15) is 0 Å². The van der Waals surface area contributed by atoms with Crippen molar-refractivity contribution in [2.24, 2.45) is 5.10 Å². The van der Waals surface area contributed by atoms with E-state index < -0.39 is 0 Å². The Labute approximate surface area is 202 Å². The Morgan fingerprint density at radius 3 is 2.71 bits per heavy atom. The van der Waals surface area contributed by atoms with Crippen LogP contribution in [0.1, 0.15) is 16.8 Å². The molecule has 0 atom stereocenters. The lowest BCUT2D eigenvalue weighted by Crippen LogP contribution is -2.37. The third-order valence-corrected chi connectivity index (χ3v) is 6.44. The van der Waals surface area contributed by atoms with E-state index in [1.54, 1.807) is 12.4 Å². The lowest BCUT2D eigenvalue weighted by atomic mass is 10.1. The van der Waals surface area contributed by atoms with Crippen LogP contribution in [0.5, 0.6) is 0 Å². The number of rotatable bonds is 5. The molecule has 1 fully saturated rings. The highest BCUT2D eigenvalue weighted by molar-refractivity contribution is 5.91. The highest BCUT2D eigenvalue weighted by Gasteiger charge is 2.18. The highest BCUT2D eigenvalue weighted by Crippen LogP contribution is 2.26. The number of pyridine rings is 1. The molecular formula is C26H26N8O. The van der Waals surface area contributed by atoms with Gasteiger partial charge in [-0.1, -0.05) is 6.07 Å². The second kappa shape index (κ2) is 8.84. The van der Waals surface area contributed by atoms with E-state index >= 15 is 0 Å². The van der Waals surface area contributed by atoms with Crippen LogP contribution in [0.25, 0.3) is 27.8 Å². The number of hydrogen-bond acceptors (Lipinski definition) is 7. The van der Waals surface area contributed by atoms with Crippen LogP contribution < -0.4 is 10.3 Å². The summed E-state index contributed by atoms with van der Waals surface area (Å²) >= 11 is 0. The molecule has 0 bridgehead atoms. The molecule has 1 aliphatic rings. The summed E-state index contributed by atoms with van der Waals surface area (Å²) in [6.07, 6.45) is 5.36. The monoisotopic (exact) mass is 466 g/mol. The first kappa shape index (κ1) is 21.3. The second-order valence-corrected chi connectivity index (χ2v) is 8.68. The molecule has 1 aromatic carbocycles. The molecule has 0 spiro atoms. The number of hydrogen-bond donors (Lipinski definition) is 2. The molecule has 1 saturated heterocycles. The average Bonchev–Trinajstić information content (AvgIpc) is 3.45. The third-order valence-electron chi connectivity index (χ3n) is 6.44. The first-order valence-electron chi connectivity index (χ1n) is 11.7. The molecule has 0 radical (unpaired) electrons. The molecule has 0 amide bonds. The Bertz CT molecular complexity index is 1530. The molecule has 0 aliphatic carbocycles. The van der Waals surface area contributed by atoms with Crippen molar-refractivity contribution in [1.29, 1.82) is 0 Å². The number of morpholine rings is 1. The molecule has 5 heterocycles. The van der Waals surface area contributed by atoms with E-state index in [4.69, 9.17) is 14.8 Å². The minimum Gasteiger partial charge on any atom is -0.378 e. The topological polar surface area (TPSA) is 95.7 Å². The molecule has 0 saturated carbocycles. The van der Waals surface area contributed by atoms with E-state index in [0.29, 0.717) is 19.0 Å². The summed E-state index contributed by atoms with van der Waals surface area (Å²) in [7, 11) is 0. The number of benzene rings is 1. The minimum atomic E-state index is 0.658. The predicted octanol–water partition coefficient (Wildman–Crippen LogP) is 4.17. The number of aryl methyl sites for hydroxylation is 2. The van der Waals surface area contributed by atoms with E-state index in [1.807, 2.05) is 35.0 Å². The standard InChI is InChI=1S/C26H26N8O/c1-17-18(2)29-22-4-3-19(13-21(17)22)16-28-31-24-15-26(33-9-11-35-12-10-33)34-25(30-24)14-23(32-34)20-5-7-27-8-6-20/h3-8,13-16,29H,9-12H2,1-2H3,(H,30,31)/b28-16+. The molecular weight excluding hydrogens is 440 g/mol. The molecule has 4 aromatic heterocycles. The zero-order chi connectivity index (χ0) is 23.8. The zero-order valence-corrected chi connectivity index (χ0v) is 19.7. The van der Waals surface area contributed by atoms with E-state index in [-0.39, 0.29) is 0 Å². The number of aromatic nitrogens is 5. The molecule has 6 rings (SSSR count). The third kappa shape index (κ3) is 4.10. The highest BCUT2D eigenvalue weighted by atomic mass is 16.5. The van der Waals surface area contributed by atoms with Crippen molar-refractivity contribution in [3.8, 4) is 11.3 Å². The Kier molecular flexibility index (Phi) is 5.38. The Morgan fingerprint density at radius 1 is 1.06 bits per heavy atom. The summed E-state index contributed by atoms with van der Waals surface area (Å²) in [6.45, 7) is 7.18. The molecule has 9 nitrogen and oxygen atoms in total. The van der Waals surface area contributed by atoms with Crippen molar-refractivity contribution >= 4 is 34.4 Å². The van der Waals surface area contributed by atoms with Crippen LogP contribution in [0.15, 0.2) is 60.0 Å². The molecule has 2 N–H and O–H groups in total. The van der Waals surface area contributed by atoms with E-state index in [2.05, 4.69) is 57.4 Å². The van der Waals surface area contributed by atoms with Gasteiger partial charge in [0.25, 0.3) is 0 Å². The van der Waals surface area contributed by atoms with Crippen molar-refractivity contribution in [1.82, 2.24) is 24.6 Å². The van der Waals surface area contributed by atoms with Crippen molar-refractivity contribution in [3.05, 3.63) is 71.7 Å². The van der Waals surface area contributed by atoms with Gasteiger partial charge >= 0.3 is 0 Å². The number of anilines is 2. The summed E-state index contributed by atoms with van der Waals surface area (Å²) in [6, 6.07) is 14.2. The Morgan fingerprint density at radius 2 is 1.89 bits per heavy atom. The summed E-state index contributed by atoms with van der Waals surface area (Å²) in [5.41, 5.74) is 10.3. The van der Waals surface area contributed by atoms with Gasteiger partial charge < -0.3 is 14.6 Å². The lowest BCUT2D eigenvalue weighted by Gasteiger charge is -2.29. The van der Waals surface area contributed by atoms with Crippen LogP contribution in [-0.2, 0) is 4.74 Å². The molecule has 35 heavy (non-hydrogen) atoms. The molecule has 176 valence electrons. The van der Waals surface area contributed by atoms with Crippen LogP contribution >= 0.6 is 0 Å². The van der Waals surface area contributed by atoms with Crippen LogP contribution in [0.3, 0.4) is 0 Å². The predicted molar refractivity (Wildman–Crippen MR) is 138 cm³/mol. The maximum atomic E-state index is 5.56. The number of hydrazone groups is 1. The second-order valence-electron chi connectivity index (χ2n) is 8.68. The van der Waals surface area contributed by atoms with E-state index in [1.165, 1.54) is 16.6 Å². The van der Waals surface area contributed by atoms with Gasteiger partial charge in [-0.05, 0) is 49.2 Å². The lowest BCUT2D eigenvalue weighted by molar-refractivity contribution is 0.122. The first-order valence-corrected chi connectivity index (χ1v) is 11.7. The number of nitrogens with zero attached hydrogens (tertiary/aromatic N) is 6. The number of aromatic amines is 1.